The van der Waals surface area contributed by atoms with Crippen LogP contribution < -0.4 is 5.56 Å². The second-order valence-electron chi connectivity index (χ2n) is 8.26. The summed E-state index contributed by atoms with van der Waals surface area (Å²) in [4.78, 5) is 14.5. The Bertz CT molecular complexity index is 903. The molecule has 3 nitrogen and oxygen atoms in total. The number of unbranched alkanes of at least 4 members (excludes halogenated alkanes) is 1. The van der Waals surface area contributed by atoms with Gasteiger partial charge in [0.05, 0.1) is 5.56 Å². The van der Waals surface area contributed by atoms with Crippen molar-refractivity contribution in [2.45, 2.75) is 44.3 Å². The molecular weight excluding hydrogens is 365 g/mol. The van der Waals surface area contributed by atoms with E-state index in [9.17, 15) is 18.0 Å². The summed E-state index contributed by atoms with van der Waals surface area (Å²) in [5, 5.41) is 0. The van der Waals surface area contributed by atoms with Crippen molar-refractivity contribution in [2.75, 3.05) is 19.6 Å². The lowest BCUT2D eigenvalue weighted by Crippen LogP contribution is -2.28. The van der Waals surface area contributed by atoms with Crippen LogP contribution in [0.15, 0.2) is 47.4 Å². The van der Waals surface area contributed by atoms with Crippen molar-refractivity contribution < 1.29 is 13.2 Å². The Morgan fingerprint density at radius 2 is 1.82 bits per heavy atom. The van der Waals surface area contributed by atoms with E-state index in [1.807, 2.05) is 25.3 Å². The largest absolute Gasteiger partial charge is 0.416 e. The molecule has 2 fully saturated rings. The van der Waals surface area contributed by atoms with Gasteiger partial charge in [-0.1, -0.05) is 18.2 Å². The number of nitrogens with zero attached hydrogens (tertiary/aromatic N) is 2. The first-order chi connectivity index (χ1) is 13.3. The number of aromatic nitrogens is 1. The zero-order chi connectivity index (χ0) is 19.9. The maximum Gasteiger partial charge on any atom is 0.416 e. The number of pyridine rings is 1. The highest BCUT2D eigenvalue weighted by atomic mass is 19.4. The van der Waals surface area contributed by atoms with Gasteiger partial charge in [0, 0.05) is 36.8 Å². The molecule has 1 saturated carbocycles. The molecule has 2 heterocycles. The smallest absolute Gasteiger partial charge is 0.315 e. The number of alkyl halides is 3. The lowest BCUT2D eigenvalue weighted by atomic mass is 9.94. The van der Waals surface area contributed by atoms with Crippen molar-refractivity contribution in [3.05, 3.63) is 69.6 Å². The predicted molar refractivity (Wildman–Crippen MR) is 102 cm³/mol. The summed E-state index contributed by atoms with van der Waals surface area (Å²) in [6, 6.07) is 9.48. The summed E-state index contributed by atoms with van der Waals surface area (Å²) in [6.07, 6.45) is 0.585. The molecule has 1 unspecified atom stereocenters. The van der Waals surface area contributed by atoms with Crippen LogP contribution in [0.4, 0.5) is 13.2 Å². The molecule has 28 heavy (non-hydrogen) atoms. The van der Waals surface area contributed by atoms with E-state index < -0.39 is 11.7 Å². The summed E-state index contributed by atoms with van der Waals surface area (Å²) < 4.78 is 40.1. The Labute approximate surface area is 162 Å². The topological polar surface area (TPSA) is 25.2 Å². The zero-order valence-corrected chi connectivity index (χ0v) is 16.0. The third kappa shape index (κ3) is 3.62. The zero-order valence-electron chi connectivity index (χ0n) is 16.0. The van der Waals surface area contributed by atoms with E-state index >= 15 is 0 Å². The van der Waals surface area contributed by atoms with Crippen LogP contribution in [-0.2, 0) is 18.1 Å². The number of fused-ring (bicyclic) bond motifs is 1. The van der Waals surface area contributed by atoms with E-state index in [0.717, 1.165) is 56.6 Å². The van der Waals surface area contributed by atoms with Gasteiger partial charge in [0.25, 0.3) is 5.56 Å². The monoisotopic (exact) mass is 390 g/mol. The van der Waals surface area contributed by atoms with Crippen molar-refractivity contribution in [3.63, 3.8) is 0 Å². The minimum atomic E-state index is -4.28. The molecule has 2 atom stereocenters. The molecule has 1 aromatic heterocycles. The van der Waals surface area contributed by atoms with Crippen LogP contribution in [0.25, 0.3) is 0 Å². The van der Waals surface area contributed by atoms with E-state index in [0.29, 0.717) is 5.92 Å². The fraction of sp³-hybridized carbons (Fsp3) is 0.500. The van der Waals surface area contributed by atoms with Crippen molar-refractivity contribution in [1.29, 1.82) is 0 Å². The number of aryl methyl sites for hydroxylation is 2. The lowest BCUT2D eigenvalue weighted by molar-refractivity contribution is -0.137. The average molecular weight is 390 g/mol. The van der Waals surface area contributed by atoms with Crippen molar-refractivity contribution in [3.8, 4) is 0 Å². The predicted octanol–water partition coefficient (Wildman–Crippen LogP) is 4.23. The fourth-order valence-corrected chi connectivity index (χ4v) is 4.65. The molecule has 150 valence electrons. The number of hydrogen-bond donors (Lipinski definition) is 0. The van der Waals surface area contributed by atoms with E-state index in [2.05, 4.69) is 4.90 Å². The number of halogens is 3. The highest BCUT2D eigenvalue weighted by molar-refractivity contribution is 5.39. The number of rotatable bonds is 6. The second-order valence-corrected chi connectivity index (χ2v) is 8.26. The van der Waals surface area contributed by atoms with Gasteiger partial charge in [0.2, 0.25) is 0 Å². The van der Waals surface area contributed by atoms with Gasteiger partial charge < -0.3 is 9.47 Å². The Balaban J connectivity index is 1.29. The number of benzene rings is 1. The van der Waals surface area contributed by atoms with Crippen molar-refractivity contribution in [2.24, 2.45) is 5.92 Å². The van der Waals surface area contributed by atoms with Crippen LogP contribution >= 0.6 is 0 Å². The minimum Gasteiger partial charge on any atom is -0.315 e. The first-order valence-electron chi connectivity index (χ1n) is 9.86. The standard InChI is InChI=1S/C22H25F3N2O/c1-16-5-4-12-27(20(16)28)11-3-2-10-26-14-19-13-21(19,15-26)17-6-8-18(9-7-17)22(23,24)25/h4-9,12,19H,2-3,10-11,13-15H2,1H3/t19?,21-/m1/s1. The molecular formula is C22H25F3N2O. The summed E-state index contributed by atoms with van der Waals surface area (Å²) in [6.45, 7) is 5.47. The number of likely N-dealkylation sites (tertiary alicyclic amines) is 1. The Morgan fingerprint density at radius 3 is 2.54 bits per heavy atom. The molecule has 1 aliphatic carbocycles. The molecule has 1 aliphatic heterocycles. The molecule has 6 heteroatoms. The van der Waals surface area contributed by atoms with Gasteiger partial charge in [0.15, 0.2) is 0 Å². The van der Waals surface area contributed by atoms with Crippen LogP contribution in [0.1, 0.15) is 36.0 Å². The quantitative estimate of drug-likeness (QED) is 0.690. The van der Waals surface area contributed by atoms with Gasteiger partial charge >= 0.3 is 6.18 Å². The van der Waals surface area contributed by atoms with Crippen LogP contribution in [0.5, 0.6) is 0 Å². The van der Waals surface area contributed by atoms with Crippen molar-refractivity contribution >= 4 is 0 Å². The van der Waals surface area contributed by atoms with Gasteiger partial charge in [-0.25, -0.2) is 0 Å². The van der Waals surface area contributed by atoms with E-state index in [1.165, 1.54) is 12.1 Å². The molecule has 2 aromatic rings. The maximum absolute atomic E-state index is 12.8. The Morgan fingerprint density at radius 1 is 1.11 bits per heavy atom. The summed E-state index contributed by atoms with van der Waals surface area (Å²) in [5.41, 5.74) is 1.36. The van der Waals surface area contributed by atoms with Gasteiger partial charge in [-0.05, 0) is 62.4 Å². The highest BCUT2D eigenvalue weighted by Gasteiger charge is 2.60. The van der Waals surface area contributed by atoms with Gasteiger partial charge in [0.1, 0.15) is 0 Å². The first-order valence-corrected chi connectivity index (χ1v) is 9.86. The fourth-order valence-electron chi connectivity index (χ4n) is 4.65. The summed E-state index contributed by atoms with van der Waals surface area (Å²) >= 11 is 0. The Kier molecular flexibility index (Phi) is 4.86. The maximum atomic E-state index is 12.8. The van der Waals surface area contributed by atoms with Crippen LogP contribution in [0.3, 0.4) is 0 Å². The molecule has 0 radical (unpaired) electrons. The molecule has 4 rings (SSSR count). The molecule has 0 N–H and O–H groups in total. The SMILES string of the molecule is Cc1cccn(CCCCN2CC3C[C@]3(c3ccc(C(F)(F)F)cc3)C2)c1=O. The molecule has 0 bridgehead atoms. The average Bonchev–Trinajstić information content (AvgIpc) is 3.23. The molecule has 1 saturated heterocycles. The molecule has 2 aliphatic rings. The van der Waals surface area contributed by atoms with Crippen molar-refractivity contribution in [1.82, 2.24) is 9.47 Å². The van der Waals surface area contributed by atoms with E-state index in [4.69, 9.17) is 0 Å². The first kappa shape index (κ1) is 19.2. The van der Waals surface area contributed by atoms with Crippen LogP contribution in [0, 0.1) is 12.8 Å². The normalized spacial score (nSPS) is 24.4. The van der Waals surface area contributed by atoms with Gasteiger partial charge in [-0.15, -0.1) is 0 Å². The molecule has 0 amide bonds. The van der Waals surface area contributed by atoms with E-state index in [1.54, 1.807) is 16.7 Å². The summed E-state index contributed by atoms with van der Waals surface area (Å²) in [7, 11) is 0. The minimum absolute atomic E-state index is 0.0532. The number of hydrogen-bond acceptors (Lipinski definition) is 2. The molecule has 1 aromatic carbocycles. The second kappa shape index (κ2) is 7.07. The van der Waals surface area contributed by atoms with Gasteiger partial charge in [-0.2, -0.15) is 13.2 Å². The summed E-state index contributed by atoms with van der Waals surface area (Å²) in [5.74, 6) is 0.559. The highest BCUT2D eigenvalue weighted by Crippen LogP contribution is 2.59. The number of piperidine rings is 1. The molecule has 0 spiro atoms. The third-order valence-corrected chi connectivity index (χ3v) is 6.34. The Hall–Kier alpha value is -2.08. The van der Waals surface area contributed by atoms with Crippen LogP contribution in [0.2, 0.25) is 0 Å². The third-order valence-electron chi connectivity index (χ3n) is 6.34. The van der Waals surface area contributed by atoms with E-state index in [-0.39, 0.29) is 11.0 Å². The lowest BCUT2D eigenvalue weighted by Gasteiger charge is -2.21. The van der Waals surface area contributed by atoms with Gasteiger partial charge in [-0.3, -0.25) is 4.79 Å². The van der Waals surface area contributed by atoms with Crippen LogP contribution in [-0.4, -0.2) is 29.1 Å².